The first-order valence-corrected chi connectivity index (χ1v) is 6.45. The smallest absolute Gasteiger partial charge is 0.251 e. The number of hydrogen-bond donors (Lipinski definition) is 3. The van der Waals surface area contributed by atoms with E-state index in [0.717, 1.165) is 12.2 Å². The van der Waals surface area contributed by atoms with Gasteiger partial charge in [-0.2, -0.15) is 5.10 Å². The molecule has 0 fully saturated rings. The Kier molecular flexibility index (Phi) is 4.24. The van der Waals surface area contributed by atoms with Gasteiger partial charge < -0.3 is 16.4 Å². The van der Waals surface area contributed by atoms with Crippen LogP contribution in [0.4, 0.5) is 11.4 Å². The van der Waals surface area contributed by atoms with Crippen molar-refractivity contribution >= 4 is 17.3 Å². The number of carbonyl (C=O) groups excluding carboxylic acids is 1. The highest BCUT2D eigenvalue weighted by molar-refractivity contribution is 5.95. The number of carbonyl (C=O) groups is 1. The molecular formula is C14H19N5O. The monoisotopic (exact) mass is 273 g/mol. The van der Waals surface area contributed by atoms with E-state index in [1.54, 1.807) is 25.4 Å². The molecule has 6 heteroatoms. The summed E-state index contributed by atoms with van der Waals surface area (Å²) in [6.07, 6.45) is 3.66. The number of hydrogen-bond acceptors (Lipinski definition) is 4. The predicted molar refractivity (Wildman–Crippen MR) is 79.6 cm³/mol. The molecule has 1 aromatic heterocycles. The average Bonchev–Trinajstić information content (AvgIpc) is 2.93. The molecule has 6 nitrogen and oxygen atoms in total. The van der Waals surface area contributed by atoms with Crippen LogP contribution in [0.2, 0.25) is 0 Å². The lowest BCUT2D eigenvalue weighted by Crippen LogP contribution is -2.23. The lowest BCUT2D eigenvalue weighted by atomic mass is 10.1. The fourth-order valence-corrected chi connectivity index (χ4v) is 1.98. The second kappa shape index (κ2) is 6.10. The molecule has 2 rings (SSSR count). The van der Waals surface area contributed by atoms with Gasteiger partial charge in [0.15, 0.2) is 0 Å². The van der Waals surface area contributed by atoms with Gasteiger partial charge in [-0.3, -0.25) is 9.48 Å². The number of benzene rings is 1. The topological polar surface area (TPSA) is 85.0 Å². The first kappa shape index (κ1) is 13.9. The molecule has 4 N–H and O–H groups in total. The van der Waals surface area contributed by atoms with Crippen LogP contribution in [-0.4, -0.2) is 28.8 Å². The van der Waals surface area contributed by atoms with Crippen LogP contribution < -0.4 is 16.4 Å². The van der Waals surface area contributed by atoms with Crippen molar-refractivity contribution in [3.05, 3.63) is 42.2 Å². The Balaban J connectivity index is 2.04. The van der Waals surface area contributed by atoms with E-state index in [1.165, 1.54) is 0 Å². The van der Waals surface area contributed by atoms with E-state index in [-0.39, 0.29) is 11.9 Å². The molecule has 0 aliphatic rings. The molecule has 20 heavy (non-hydrogen) atoms. The SMILES string of the molecule is CNC(=O)c1ccc(NC(C)Cn2cccn2)c(N)c1. The molecule has 106 valence electrons. The Morgan fingerprint density at radius 2 is 2.30 bits per heavy atom. The third kappa shape index (κ3) is 3.28. The lowest BCUT2D eigenvalue weighted by Gasteiger charge is -2.17. The zero-order valence-electron chi connectivity index (χ0n) is 11.6. The number of nitrogens with one attached hydrogen (secondary N) is 2. The van der Waals surface area contributed by atoms with Crippen molar-refractivity contribution in [2.24, 2.45) is 0 Å². The highest BCUT2D eigenvalue weighted by Crippen LogP contribution is 2.21. The zero-order chi connectivity index (χ0) is 14.5. The summed E-state index contributed by atoms with van der Waals surface area (Å²) in [5.41, 5.74) is 7.89. The van der Waals surface area contributed by atoms with E-state index in [4.69, 9.17) is 5.73 Å². The quantitative estimate of drug-likeness (QED) is 0.717. The molecule has 1 heterocycles. The van der Waals surface area contributed by atoms with E-state index < -0.39 is 0 Å². The minimum atomic E-state index is -0.146. The predicted octanol–water partition coefficient (Wildman–Crippen LogP) is 1.33. The highest BCUT2D eigenvalue weighted by Gasteiger charge is 2.09. The first-order valence-electron chi connectivity index (χ1n) is 6.45. The van der Waals surface area contributed by atoms with Gasteiger partial charge in [0.2, 0.25) is 0 Å². The van der Waals surface area contributed by atoms with Crippen LogP contribution in [0.5, 0.6) is 0 Å². The van der Waals surface area contributed by atoms with Gasteiger partial charge in [0, 0.05) is 31.0 Å². The summed E-state index contributed by atoms with van der Waals surface area (Å²) in [6.45, 7) is 2.79. The Bertz CT molecular complexity index is 579. The maximum absolute atomic E-state index is 11.5. The lowest BCUT2D eigenvalue weighted by molar-refractivity contribution is 0.0963. The van der Waals surface area contributed by atoms with Gasteiger partial charge >= 0.3 is 0 Å². The van der Waals surface area contributed by atoms with Gasteiger partial charge in [0.05, 0.1) is 17.9 Å². The molecule has 1 atom stereocenters. The summed E-state index contributed by atoms with van der Waals surface area (Å²) >= 11 is 0. The Morgan fingerprint density at radius 1 is 1.50 bits per heavy atom. The van der Waals surface area contributed by atoms with Crippen molar-refractivity contribution in [1.29, 1.82) is 0 Å². The standard InChI is InChI=1S/C14H19N5O/c1-10(9-19-7-3-6-17-19)18-13-5-4-11(8-12(13)15)14(20)16-2/h3-8,10,18H,9,15H2,1-2H3,(H,16,20). The van der Waals surface area contributed by atoms with E-state index in [1.807, 2.05) is 29.9 Å². The van der Waals surface area contributed by atoms with Gasteiger partial charge in [0.1, 0.15) is 0 Å². The summed E-state index contributed by atoms with van der Waals surface area (Å²) in [5, 5.41) is 10.0. The van der Waals surface area contributed by atoms with Crippen molar-refractivity contribution in [2.75, 3.05) is 18.1 Å². The van der Waals surface area contributed by atoms with Crippen LogP contribution >= 0.6 is 0 Å². The van der Waals surface area contributed by atoms with Crippen molar-refractivity contribution in [1.82, 2.24) is 15.1 Å². The number of nitrogen functional groups attached to an aromatic ring is 1. The summed E-state index contributed by atoms with van der Waals surface area (Å²) in [5.74, 6) is -0.146. The largest absolute Gasteiger partial charge is 0.397 e. The van der Waals surface area contributed by atoms with Crippen LogP contribution in [0.25, 0.3) is 0 Å². The molecule has 0 spiro atoms. The summed E-state index contributed by atoms with van der Waals surface area (Å²) in [6, 6.07) is 7.29. The summed E-state index contributed by atoms with van der Waals surface area (Å²) in [7, 11) is 1.59. The molecule has 0 saturated carbocycles. The highest BCUT2D eigenvalue weighted by atomic mass is 16.1. The molecule has 1 amide bonds. The molecule has 0 bridgehead atoms. The van der Waals surface area contributed by atoms with Crippen LogP contribution in [0.1, 0.15) is 17.3 Å². The van der Waals surface area contributed by atoms with Gasteiger partial charge in [-0.1, -0.05) is 0 Å². The number of rotatable bonds is 5. The third-order valence-corrected chi connectivity index (χ3v) is 2.96. The molecule has 0 aliphatic heterocycles. The van der Waals surface area contributed by atoms with Gasteiger partial charge in [0.25, 0.3) is 5.91 Å². The molecule has 1 unspecified atom stereocenters. The van der Waals surface area contributed by atoms with Crippen LogP contribution in [0.15, 0.2) is 36.7 Å². The van der Waals surface area contributed by atoms with E-state index in [2.05, 4.69) is 15.7 Å². The fourth-order valence-electron chi connectivity index (χ4n) is 1.98. The molecule has 1 aromatic carbocycles. The minimum Gasteiger partial charge on any atom is -0.397 e. The second-order valence-electron chi connectivity index (χ2n) is 4.65. The van der Waals surface area contributed by atoms with Crippen molar-refractivity contribution in [2.45, 2.75) is 19.5 Å². The van der Waals surface area contributed by atoms with Crippen LogP contribution in [0, 0.1) is 0 Å². The Labute approximate surface area is 118 Å². The summed E-state index contributed by atoms with van der Waals surface area (Å²) < 4.78 is 1.85. The van der Waals surface area contributed by atoms with E-state index in [9.17, 15) is 4.79 Å². The first-order chi connectivity index (χ1) is 9.60. The van der Waals surface area contributed by atoms with Crippen LogP contribution in [0.3, 0.4) is 0 Å². The van der Waals surface area contributed by atoms with Crippen molar-refractivity contribution in [3.63, 3.8) is 0 Å². The van der Waals surface area contributed by atoms with E-state index in [0.29, 0.717) is 11.3 Å². The third-order valence-electron chi connectivity index (χ3n) is 2.96. The molecule has 0 radical (unpaired) electrons. The number of nitrogens with two attached hydrogens (primary N) is 1. The minimum absolute atomic E-state index is 0.146. The number of nitrogens with zero attached hydrogens (tertiary/aromatic N) is 2. The van der Waals surface area contributed by atoms with Gasteiger partial charge in [-0.25, -0.2) is 0 Å². The Hall–Kier alpha value is -2.50. The van der Waals surface area contributed by atoms with Crippen LogP contribution in [-0.2, 0) is 6.54 Å². The maximum Gasteiger partial charge on any atom is 0.251 e. The summed E-state index contributed by atoms with van der Waals surface area (Å²) in [4.78, 5) is 11.5. The molecular weight excluding hydrogens is 254 g/mol. The molecule has 0 saturated heterocycles. The normalized spacial score (nSPS) is 11.9. The Morgan fingerprint density at radius 3 is 2.90 bits per heavy atom. The van der Waals surface area contributed by atoms with Gasteiger partial charge in [-0.15, -0.1) is 0 Å². The van der Waals surface area contributed by atoms with E-state index >= 15 is 0 Å². The molecule has 2 aromatic rings. The number of anilines is 2. The average molecular weight is 273 g/mol. The molecule has 0 aliphatic carbocycles. The maximum atomic E-state index is 11.5. The number of amides is 1. The second-order valence-corrected chi connectivity index (χ2v) is 4.65. The van der Waals surface area contributed by atoms with Gasteiger partial charge in [-0.05, 0) is 31.2 Å². The fraction of sp³-hybridized carbons (Fsp3) is 0.286. The number of aromatic nitrogens is 2. The zero-order valence-corrected chi connectivity index (χ0v) is 11.6. The van der Waals surface area contributed by atoms with Crippen molar-refractivity contribution < 1.29 is 4.79 Å². The van der Waals surface area contributed by atoms with Crippen molar-refractivity contribution in [3.8, 4) is 0 Å².